The summed E-state index contributed by atoms with van der Waals surface area (Å²) in [4.78, 5) is 16.3. The Morgan fingerprint density at radius 1 is 1.25 bits per heavy atom. The first-order chi connectivity index (χ1) is 13.2. The highest BCUT2D eigenvalue weighted by molar-refractivity contribution is 7.89. The van der Waals surface area contributed by atoms with Crippen molar-refractivity contribution in [3.05, 3.63) is 47.8 Å². The van der Waals surface area contributed by atoms with Crippen LogP contribution in [0.25, 0.3) is 0 Å². The van der Waals surface area contributed by atoms with Gasteiger partial charge in [0.1, 0.15) is 4.90 Å². The number of carbonyl (C=O) groups is 1. The zero-order chi connectivity index (χ0) is 20.9. The van der Waals surface area contributed by atoms with Crippen molar-refractivity contribution < 1.29 is 22.7 Å². The van der Waals surface area contributed by atoms with Crippen LogP contribution in [0.15, 0.2) is 41.6 Å². The Bertz CT molecular complexity index is 932. The summed E-state index contributed by atoms with van der Waals surface area (Å²) in [5.41, 5.74) is 1.77. The van der Waals surface area contributed by atoms with Crippen LogP contribution >= 0.6 is 0 Å². The molecule has 9 heteroatoms. The topological polar surface area (TPSA) is 97.8 Å². The van der Waals surface area contributed by atoms with Gasteiger partial charge in [0.05, 0.1) is 26.8 Å². The molecule has 0 saturated heterocycles. The third kappa shape index (κ3) is 4.79. The van der Waals surface area contributed by atoms with Crippen LogP contribution in [0.1, 0.15) is 24.1 Å². The van der Waals surface area contributed by atoms with Crippen molar-refractivity contribution in [3.8, 4) is 11.5 Å². The molecule has 1 N–H and O–H groups in total. The van der Waals surface area contributed by atoms with E-state index in [1.165, 1.54) is 31.6 Å². The number of aryl methyl sites for hydroxylation is 1. The molecule has 2 rings (SSSR count). The van der Waals surface area contributed by atoms with Gasteiger partial charge >= 0.3 is 0 Å². The molecular weight excluding hydrogens is 382 g/mol. The lowest BCUT2D eigenvalue weighted by molar-refractivity contribution is -0.121. The van der Waals surface area contributed by atoms with Crippen molar-refractivity contribution >= 4 is 15.9 Å². The largest absolute Gasteiger partial charge is 0.493 e. The summed E-state index contributed by atoms with van der Waals surface area (Å²) in [7, 11) is 0.663. The third-order valence-electron chi connectivity index (χ3n) is 4.33. The second kappa shape index (κ2) is 9.03. The molecule has 1 heterocycles. The number of pyridine rings is 1. The molecule has 1 atom stereocenters. The zero-order valence-corrected chi connectivity index (χ0v) is 17.4. The molecule has 0 aliphatic heterocycles. The quantitative estimate of drug-likeness (QED) is 0.718. The minimum Gasteiger partial charge on any atom is -0.493 e. The number of rotatable bonds is 8. The third-order valence-corrected chi connectivity index (χ3v) is 6.11. The van der Waals surface area contributed by atoms with E-state index >= 15 is 0 Å². The maximum atomic E-state index is 12.5. The van der Waals surface area contributed by atoms with Crippen molar-refractivity contribution in [1.82, 2.24) is 14.6 Å². The van der Waals surface area contributed by atoms with Crippen LogP contribution in [0.2, 0.25) is 0 Å². The number of nitrogens with one attached hydrogen (secondary N) is 1. The SMILES string of the molecule is COc1cc(C)c([C@H](C)NC(=O)CN(C)S(=O)(=O)c2cccnc2)cc1OC. The summed E-state index contributed by atoms with van der Waals surface area (Å²) in [5.74, 6) is 0.738. The molecule has 152 valence electrons. The first-order valence-electron chi connectivity index (χ1n) is 8.59. The molecule has 8 nitrogen and oxygen atoms in total. The average Bonchev–Trinajstić information content (AvgIpc) is 2.67. The Balaban J connectivity index is 2.11. The van der Waals surface area contributed by atoms with Crippen LogP contribution in [0.5, 0.6) is 11.5 Å². The molecule has 0 saturated carbocycles. The summed E-state index contributed by atoms with van der Waals surface area (Å²) in [5, 5.41) is 2.82. The maximum absolute atomic E-state index is 12.5. The fourth-order valence-electron chi connectivity index (χ4n) is 2.79. The molecule has 1 amide bonds. The molecule has 0 unspecified atom stereocenters. The van der Waals surface area contributed by atoms with Crippen molar-refractivity contribution in [2.24, 2.45) is 0 Å². The monoisotopic (exact) mass is 407 g/mol. The summed E-state index contributed by atoms with van der Waals surface area (Å²) in [6, 6.07) is 6.25. The molecular formula is C19H25N3O5S. The van der Waals surface area contributed by atoms with Crippen molar-refractivity contribution in [2.45, 2.75) is 24.8 Å². The van der Waals surface area contributed by atoms with E-state index in [4.69, 9.17) is 9.47 Å². The molecule has 0 fully saturated rings. The minimum atomic E-state index is -3.79. The number of benzene rings is 1. The zero-order valence-electron chi connectivity index (χ0n) is 16.6. The number of amides is 1. The predicted molar refractivity (Wildman–Crippen MR) is 105 cm³/mol. The lowest BCUT2D eigenvalue weighted by atomic mass is 10.0. The van der Waals surface area contributed by atoms with Crippen LogP contribution in [0, 0.1) is 6.92 Å². The van der Waals surface area contributed by atoms with Gasteiger partial charge in [-0.1, -0.05) is 0 Å². The number of carbonyl (C=O) groups excluding carboxylic acids is 1. The molecule has 0 spiro atoms. The Morgan fingerprint density at radius 3 is 2.46 bits per heavy atom. The van der Waals surface area contributed by atoms with Gasteiger partial charge in [0.2, 0.25) is 15.9 Å². The van der Waals surface area contributed by atoms with Gasteiger partial charge in [-0.2, -0.15) is 4.31 Å². The normalized spacial score (nSPS) is 12.5. The molecule has 0 aliphatic carbocycles. The second-order valence-electron chi connectivity index (χ2n) is 6.30. The van der Waals surface area contributed by atoms with Gasteiger partial charge in [0.15, 0.2) is 11.5 Å². The Kier molecular flexibility index (Phi) is 6.98. The van der Waals surface area contributed by atoms with Crippen molar-refractivity contribution in [1.29, 1.82) is 0 Å². The lowest BCUT2D eigenvalue weighted by Gasteiger charge is -2.21. The molecule has 0 radical (unpaired) electrons. The van der Waals surface area contributed by atoms with Crippen molar-refractivity contribution in [3.63, 3.8) is 0 Å². The average molecular weight is 407 g/mol. The van der Waals surface area contributed by atoms with Crippen molar-refractivity contribution in [2.75, 3.05) is 27.8 Å². The van der Waals surface area contributed by atoms with E-state index in [0.717, 1.165) is 15.4 Å². The van der Waals surface area contributed by atoms with E-state index in [2.05, 4.69) is 10.3 Å². The van der Waals surface area contributed by atoms with Gasteiger partial charge in [0.25, 0.3) is 0 Å². The lowest BCUT2D eigenvalue weighted by Crippen LogP contribution is -2.39. The van der Waals surface area contributed by atoms with Gasteiger partial charge in [-0.3, -0.25) is 9.78 Å². The number of nitrogens with zero attached hydrogens (tertiary/aromatic N) is 2. The smallest absolute Gasteiger partial charge is 0.244 e. The fourth-order valence-corrected chi connectivity index (χ4v) is 3.89. The van der Waals surface area contributed by atoms with E-state index in [1.54, 1.807) is 20.3 Å². The molecule has 1 aromatic carbocycles. The summed E-state index contributed by atoms with van der Waals surface area (Å²) >= 11 is 0. The summed E-state index contributed by atoms with van der Waals surface area (Å²) in [6.45, 7) is 3.41. The summed E-state index contributed by atoms with van der Waals surface area (Å²) in [6.07, 6.45) is 2.73. The van der Waals surface area contributed by atoms with Gasteiger partial charge in [-0.25, -0.2) is 8.42 Å². The van der Waals surface area contributed by atoms with Crippen LogP contribution in [-0.4, -0.2) is 51.4 Å². The number of ether oxygens (including phenoxy) is 2. The Labute approximate surface area is 165 Å². The van der Waals surface area contributed by atoms with E-state index in [-0.39, 0.29) is 17.5 Å². The molecule has 0 aliphatic rings. The minimum absolute atomic E-state index is 0.0362. The molecule has 0 bridgehead atoms. The second-order valence-corrected chi connectivity index (χ2v) is 8.35. The predicted octanol–water partition coefficient (Wildman–Crippen LogP) is 1.91. The van der Waals surface area contributed by atoms with E-state index < -0.39 is 15.9 Å². The van der Waals surface area contributed by atoms with E-state index in [9.17, 15) is 13.2 Å². The Hall–Kier alpha value is -2.65. The Morgan fingerprint density at radius 2 is 1.89 bits per heavy atom. The van der Waals surface area contributed by atoms with E-state index in [1.807, 2.05) is 19.9 Å². The number of aromatic nitrogens is 1. The van der Waals surface area contributed by atoms with Crippen LogP contribution in [0.4, 0.5) is 0 Å². The van der Waals surface area contributed by atoms with Crippen LogP contribution in [0.3, 0.4) is 0 Å². The van der Waals surface area contributed by atoms with Gasteiger partial charge in [0, 0.05) is 19.4 Å². The molecule has 2 aromatic rings. The van der Waals surface area contributed by atoms with Gasteiger partial charge in [-0.05, 0) is 49.2 Å². The first-order valence-corrected chi connectivity index (χ1v) is 10.0. The number of methoxy groups -OCH3 is 2. The number of hydrogen-bond acceptors (Lipinski definition) is 6. The van der Waals surface area contributed by atoms with Crippen LogP contribution < -0.4 is 14.8 Å². The van der Waals surface area contributed by atoms with Gasteiger partial charge < -0.3 is 14.8 Å². The maximum Gasteiger partial charge on any atom is 0.244 e. The van der Waals surface area contributed by atoms with Crippen LogP contribution in [-0.2, 0) is 14.8 Å². The van der Waals surface area contributed by atoms with E-state index in [0.29, 0.717) is 11.5 Å². The fraction of sp³-hybridized carbons (Fsp3) is 0.368. The van der Waals surface area contributed by atoms with Gasteiger partial charge in [-0.15, -0.1) is 0 Å². The molecule has 1 aromatic heterocycles. The standard InChI is InChI=1S/C19H25N3O5S/c1-13-9-17(26-4)18(27-5)10-16(13)14(2)21-19(23)12-22(3)28(24,25)15-7-6-8-20-11-15/h6-11,14H,12H2,1-5H3,(H,21,23)/t14-/m0/s1. The number of sulfonamides is 1. The molecule has 28 heavy (non-hydrogen) atoms. The summed E-state index contributed by atoms with van der Waals surface area (Å²) < 4.78 is 36.6. The number of likely N-dealkylation sites (N-methyl/N-ethyl adjacent to an activating group) is 1. The highest BCUT2D eigenvalue weighted by atomic mass is 32.2. The highest BCUT2D eigenvalue weighted by Crippen LogP contribution is 2.32. The first kappa shape index (κ1) is 21.6. The number of hydrogen-bond donors (Lipinski definition) is 1. The highest BCUT2D eigenvalue weighted by Gasteiger charge is 2.24.